The van der Waals surface area contributed by atoms with E-state index in [1.165, 1.54) is 17.5 Å². The summed E-state index contributed by atoms with van der Waals surface area (Å²) in [5.41, 5.74) is 0.693. The van der Waals surface area contributed by atoms with Crippen LogP contribution in [0.3, 0.4) is 0 Å². The van der Waals surface area contributed by atoms with Crippen molar-refractivity contribution in [1.29, 1.82) is 0 Å². The molecule has 0 atom stereocenters. The molecule has 0 aromatic heterocycles. The molecule has 1 aliphatic rings. The molecule has 1 aliphatic heterocycles. The minimum atomic E-state index is -3.59. The summed E-state index contributed by atoms with van der Waals surface area (Å²) in [7, 11) is -0.441. The molecule has 1 fully saturated rings. The summed E-state index contributed by atoms with van der Waals surface area (Å²) in [6.45, 7) is 2.61. The van der Waals surface area contributed by atoms with Crippen LogP contribution in [0.2, 0.25) is 0 Å². The van der Waals surface area contributed by atoms with Crippen molar-refractivity contribution >= 4 is 15.9 Å². The number of sulfonamides is 1. The van der Waals surface area contributed by atoms with Gasteiger partial charge in [0.2, 0.25) is 15.9 Å². The van der Waals surface area contributed by atoms with E-state index in [1.54, 1.807) is 19.2 Å². The van der Waals surface area contributed by atoms with Gasteiger partial charge < -0.3 is 19.5 Å². The Balaban J connectivity index is 2.05. The Labute approximate surface area is 160 Å². The first-order valence-corrected chi connectivity index (χ1v) is 10.4. The quantitative estimate of drug-likeness (QED) is 0.584. The lowest BCUT2D eigenvalue weighted by molar-refractivity contribution is -0.121. The largest absolute Gasteiger partial charge is 0.496 e. The van der Waals surface area contributed by atoms with Crippen molar-refractivity contribution < 1.29 is 27.4 Å². The Kier molecular flexibility index (Phi) is 8.49. The minimum Gasteiger partial charge on any atom is -0.496 e. The van der Waals surface area contributed by atoms with Gasteiger partial charge in [0.25, 0.3) is 0 Å². The van der Waals surface area contributed by atoms with Crippen molar-refractivity contribution in [2.24, 2.45) is 0 Å². The maximum absolute atomic E-state index is 12.8. The van der Waals surface area contributed by atoms with E-state index < -0.39 is 10.0 Å². The summed E-state index contributed by atoms with van der Waals surface area (Å²) < 4.78 is 42.6. The highest BCUT2D eigenvalue weighted by atomic mass is 32.2. The summed E-state index contributed by atoms with van der Waals surface area (Å²) in [5.74, 6) is 0.484. The maximum atomic E-state index is 12.8. The number of ether oxygens (including phenoxy) is 3. The highest BCUT2D eigenvalue weighted by Crippen LogP contribution is 2.26. The van der Waals surface area contributed by atoms with Gasteiger partial charge >= 0.3 is 0 Å². The van der Waals surface area contributed by atoms with Crippen molar-refractivity contribution in [2.75, 3.05) is 53.7 Å². The molecular formula is C18H28N2O6S. The second-order valence-electron chi connectivity index (χ2n) is 6.19. The standard InChI is InChI=1S/C18H28N2O6S/c1-24-11-3-8-19-18(21)7-4-15-14-16(5-6-17(15)25-2)27(22,23)20-9-12-26-13-10-20/h5-6,14H,3-4,7-13H2,1-2H3,(H,19,21). The molecule has 0 spiro atoms. The molecule has 1 heterocycles. The predicted octanol–water partition coefficient (Wildman–Crippen LogP) is 0.801. The highest BCUT2D eigenvalue weighted by Gasteiger charge is 2.27. The molecule has 0 bridgehead atoms. The third kappa shape index (κ3) is 6.17. The van der Waals surface area contributed by atoms with Gasteiger partial charge in [-0.2, -0.15) is 4.31 Å². The van der Waals surface area contributed by atoms with Gasteiger partial charge in [-0.3, -0.25) is 4.79 Å². The Morgan fingerprint density at radius 2 is 2.00 bits per heavy atom. The van der Waals surface area contributed by atoms with Crippen molar-refractivity contribution in [2.45, 2.75) is 24.2 Å². The summed E-state index contributed by atoms with van der Waals surface area (Å²) >= 11 is 0. The molecule has 27 heavy (non-hydrogen) atoms. The van der Waals surface area contributed by atoms with E-state index in [9.17, 15) is 13.2 Å². The fraction of sp³-hybridized carbons (Fsp3) is 0.611. The van der Waals surface area contributed by atoms with E-state index in [1.807, 2.05) is 0 Å². The van der Waals surface area contributed by atoms with E-state index in [4.69, 9.17) is 14.2 Å². The van der Waals surface area contributed by atoms with Gasteiger partial charge in [-0.25, -0.2) is 8.42 Å². The van der Waals surface area contributed by atoms with Crippen LogP contribution in [-0.4, -0.2) is 72.3 Å². The van der Waals surface area contributed by atoms with Gasteiger partial charge in [-0.05, 0) is 36.6 Å². The predicted molar refractivity (Wildman–Crippen MR) is 100 cm³/mol. The van der Waals surface area contributed by atoms with Crippen LogP contribution in [0.5, 0.6) is 5.75 Å². The van der Waals surface area contributed by atoms with E-state index in [-0.39, 0.29) is 17.2 Å². The lowest BCUT2D eigenvalue weighted by Crippen LogP contribution is -2.40. The maximum Gasteiger partial charge on any atom is 0.243 e. The average molecular weight is 400 g/mol. The van der Waals surface area contributed by atoms with E-state index in [0.717, 1.165) is 6.42 Å². The van der Waals surface area contributed by atoms with Crippen LogP contribution in [0.25, 0.3) is 0 Å². The second kappa shape index (κ2) is 10.6. The van der Waals surface area contributed by atoms with E-state index in [0.29, 0.717) is 57.2 Å². The number of amides is 1. The summed E-state index contributed by atoms with van der Waals surface area (Å²) in [5, 5.41) is 2.82. The van der Waals surface area contributed by atoms with Crippen LogP contribution in [0.4, 0.5) is 0 Å². The fourth-order valence-electron chi connectivity index (χ4n) is 2.83. The monoisotopic (exact) mass is 400 g/mol. The molecule has 1 saturated heterocycles. The number of nitrogens with one attached hydrogen (secondary N) is 1. The molecule has 1 N–H and O–H groups in total. The molecule has 152 valence electrons. The van der Waals surface area contributed by atoms with Crippen molar-refractivity contribution in [1.82, 2.24) is 9.62 Å². The number of carbonyl (C=O) groups is 1. The normalized spacial score (nSPS) is 15.5. The van der Waals surface area contributed by atoms with Crippen LogP contribution >= 0.6 is 0 Å². The van der Waals surface area contributed by atoms with E-state index >= 15 is 0 Å². The Morgan fingerprint density at radius 3 is 2.67 bits per heavy atom. The molecule has 1 aromatic rings. The lowest BCUT2D eigenvalue weighted by Gasteiger charge is -2.26. The first kappa shape index (κ1) is 21.6. The summed E-state index contributed by atoms with van der Waals surface area (Å²) in [6, 6.07) is 4.78. The Hall–Kier alpha value is -1.68. The minimum absolute atomic E-state index is 0.0883. The zero-order valence-electron chi connectivity index (χ0n) is 15.9. The molecule has 9 heteroatoms. The molecule has 0 saturated carbocycles. The van der Waals surface area contributed by atoms with Gasteiger partial charge in [0.15, 0.2) is 0 Å². The van der Waals surface area contributed by atoms with Crippen LogP contribution in [-0.2, 0) is 30.7 Å². The molecule has 1 aromatic carbocycles. The van der Waals surface area contributed by atoms with Crippen LogP contribution < -0.4 is 10.1 Å². The molecule has 0 radical (unpaired) electrons. The molecular weight excluding hydrogens is 372 g/mol. The number of hydrogen-bond acceptors (Lipinski definition) is 6. The fourth-order valence-corrected chi connectivity index (χ4v) is 4.29. The van der Waals surface area contributed by atoms with Gasteiger partial charge in [0.1, 0.15) is 5.75 Å². The molecule has 1 amide bonds. The number of nitrogens with zero attached hydrogens (tertiary/aromatic N) is 1. The van der Waals surface area contributed by atoms with Crippen LogP contribution in [0.15, 0.2) is 23.1 Å². The SMILES string of the molecule is COCCCNC(=O)CCc1cc(S(=O)(=O)N2CCOCC2)ccc1OC. The number of benzene rings is 1. The Morgan fingerprint density at radius 1 is 1.26 bits per heavy atom. The lowest BCUT2D eigenvalue weighted by atomic mass is 10.1. The van der Waals surface area contributed by atoms with E-state index in [2.05, 4.69) is 5.32 Å². The summed E-state index contributed by atoms with van der Waals surface area (Å²) in [6.07, 6.45) is 1.40. The number of carbonyl (C=O) groups excluding carboxylic acids is 1. The van der Waals surface area contributed by atoms with Gasteiger partial charge in [0, 0.05) is 39.8 Å². The number of hydrogen-bond donors (Lipinski definition) is 1. The van der Waals surface area contributed by atoms with Gasteiger partial charge in [-0.15, -0.1) is 0 Å². The highest BCUT2D eigenvalue weighted by molar-refractivity contribution is 7.89. The Bertz CT molecular complexity index is 717. The van der Waals surface area contributed by atoms with Gasteiger partial charge in [-0.1, -0.05) is 0 Å². The van der Waals surface area contributed by atoms with Crippen LogP contribution in [0.1, 0.15) is 18.4 Å². The summed E-state index contributed by atoms with van der Waals surface area (Å²) in [4.78, 5) is 12.2. The smallest absolute Gasteiger partial charge is 0.243 e. The third-order valence-corrected chi connectivity index (χ3v) is 6.22. The van der Waals surface area contributed by atoms with Crippen LogP contribution in [0, 0.1) is 0 Å². The number of methoxy groups -OCH3 is 2. The van der Waals surface area contributed by atoms with Gasteiger partial charge in [0.05, 0.1) is 25.2 Å². The average Bonchev–Trinajstić information content (AvgIpc) is 2.70. The third-order valence-electron chi connectivity index (χ3n) is 4.33. The van der Waals surface area contributed by atoms with Crippen molar-refractivity contribution in [3.05, 3.63) is 23.8 Å². The zero-order valence-corrected chi connectivity index (χ0v) is 16.7. The zero-order chi connectivity index (χ0) is 19.7. The molecule has 8 nitrogen and oxygen atoms in total. The van der Waals surface area contributed by atoms with Crippen molar-refractivity contribution in [3.63, 3.8) is 0 Å². The number of aryl methyl sites for hydroxylation is 1. The molecule has 2 rings (SSSR count). The number of rotatable bonds is 10. The molecule has 0 unspecified atom stereocenters. The number of morpholine rings is 1. The first-order chi connectivity index (χ1) is 13.0. The molecule has 0 aliphatic carbocycles. The first-order valence-electron chi connectivity index (χ1n) is 8.99. The van der Waals surface area contributed by atoms with Crippen molar-refractivity contribution in [3.8, 4) is 5.75 Å². The second-order valence-corrected chi connectivity index (χ2v) is 8.12. The topological polar surface area (TPSA) is 94.2 Å².